The highest BCUT2D eigenvalue weighted by Gasteiger charge is 2.37. The first-order valence-electron chi connectivity index (χ1n) is 6.23. The van der Waals surface area contributed by atoms with Crippen molar-refractivity contribution in [2.75, 3.05) is 0 Å². The Morgan fingerprint density at radius 1 is 1.35 bits per heavy atom. The summed E-state index contributed by atoms with van der Waals surface area (Å²) in [6.07, 6.45) is 4.13. The van der Waals surface area contributed by atoms with E-state index in [0.717, 1.165) is 19.3 Å². The largest absolute Gasteiger partial charge is 0.338 e. The highest BCUT2D eigenvalue weighted by molar-refractivity contribution is 7.42. The third-order valence-corrected chi connectivity index (χ3v) is 4.41. The minimum atomic E-state index is -2.10. The summed E-state index contributed by atoms with van der Waals surface area (Å²) in [5, 5.41) is 8.73. The van der Waals surface area contributed by atoms with Crippen molar-refractivity contribution in [3.63, 3.8) is 0 Å². The van der Waals surface area contributed by atoms with Gasteiger partial charge in [0, 0.05) is 18.0 Å². The summed E-state index contributed by atoms with van der Waals surface area (Å²) in [5.41, 5.74) is -0.297. The van der Waals surface area contributed by atoms with Crippen LogP contribution in [0, 0.1) is 11.3 Å². The molecular weight excluding hydrogens is 235 g/mol. The molecule has 0 fully saturated rings. The van der Waals surface area contributed by atoms with Crippen LogP contribution in [-0.2, 0) is 0 Å². The summed E-state index contributed by atoms with van der Waals surface area (Å²) in [6, 6.07) is 2.22. The van der Waals surface area contributed by atoms with Gasteiger partial charge in [-0.05, 0) is 33.6 Å². The second-order valence-corrected chi connectivity index (χ2v) is 5.93. The Morgan fingerprint density at radius 2 is 1.94 bits per heavy atom. The van der Waals surface area contributed by atoms with E-state index in [9.17, 15) is 9.79 Å². The fourth-order valence-electron chi connectivity index (χ4n) is 2.28. The molecule has 0 amide bonds. The van der Waals surface area contributed by atoms with Crippen molar-refractivity contribution in [1.82, 2.24) is 4.67 Å². The van der Waals surface area contributed by atoms with Gasteiger partial charge in [-0.3, -0.25) is 0 Å². The van der Waals surface area contributed by atoms with Crippen molar-refractivity contribution in [2.45, 2.75) is 71.4 Å². The number of rotatable bonds is 8. The number of hydrogen-bond donors (Lipinski definition) is 2. The van der Waals surface area contributed by atoms with E-state index in [4.69, 9.17) is 5.26 Å². The molecule has 0 aliphatic heterocycles. The van der Waals surface area contributed by atoms with Gasteiger partial charge >= 0.3 is 0 Å². The quantitative estimate of drug-likeness (QED) is 0.658. The molecule has 0 aromatic rings. The first-order chi connectivity index (χ1) is 7.89. The van der Waals surface area contributed by atoms with Crippen LogP contribution in [0.25, 0.3) is 0 Å². The zero-order chi connectivity index (χ0) is 13.5. The summed E-state index contributed by atoms with van der Waals surface area (Å²) in [7, 11) is -2.10. The summed E-state index contributed by atoms with van der Waals surface area (Å²) in [6.45, 7) is 8.06. The fraction of sp³-hybridized carbons (Fsp3) is 0.917. The number of nitrogens with zero attached hydrogens (tertiary/aromatic N) is 2. The van der Waals surface area contributed by atoms with Gasteiger partial charge in [0.1, 0.15) is 0 Å². The predicted molar refractivity (Wildman–Crippen MR) is 71.1 cm³/mol. The zero-order valence-electron chi connectivity index (χ0n) is 11.3. The van der Waals surface area contributed by atoms with Crippen LogP contribution in [0.1, 0.15) is 59.8 Å². The predicted octanol–water partition coefficient (Wildman–Crippen LogP) is 3.16. The Bertz CT molecular complexity index is 245. The van der Waals surface area contributed by atoms with E-state index in [2.05, 4.69) is 13.0 Å². The molecule has 0 aromatic carbocycles. The van der Waals surface area contributed by atoms with Crippen LogP contribution < -0.4 is 0 Å². The molecule has 2 N–H and O–H groups in total. The molecule has 0 rings (SSSR count). The molecule has 0 aliphatic carbocycles. The molecule has 0 heterocycles. The molecule has 0 saturated heterocycles. The Balaban J connectivity index is 4.89. The molecule has 1 unspecified atom stereocenters. The van der Waals surface area contributed by atoms with E-state index in [0.29, 0.717) is 12.8 Å². The monoisotopic (exact) mass is 260 g/mol. The molecule has 100 valence electrons. The molecule has 0 saturated carbocycles. The van der Waals surface area contributed by atoms with E-state index < -0.39 is 8.53 Å². The van der Waals surface area contributed by atoms with Gasteiger partial charge in [-0.1, -0.05) is 19.8 Å². The van der Waals surface area contributed by atoms with Gasteiger partial charge in [0.15, 0.2) is 0 Å². The first kappa shape index (κ1) is 16.8. The Kier molecular flexibility index (Phi) is 7.91. The lowest BCUT2D eigenvalue weighted by Gasteiger charge is -2.43. The van der Waals surface area contributed by atoms with E-state index in [1.54, 1.807) is 4.67 Å². The van der Waals surface area contributed by atoms with E-state index >= 15 is 0 Å². The van der Waals surface area contributed by atoms with Gasteiger partial charge in [-0.2, -0.15) is 5.26 Å². The summed E-state index contributed by atoms with van der Waals surface area (Å²) in [5.74, 6) is 0. The summed E-state index contributed by atoms with van der Waals surface area (Å²) < 4.78 is 1.76. The van der Waals surface area contributed by atoms with Gasteiger partial charge in [0.05, 0.1) is 6.07 Å². The first-order valence-corrected chi connectivity index (χ1v) is 7.43. The fourth-order valence-corrected chi connectivity index (χ4v) is 3.33. The SMILES string of the molecule is CCCCC(C)(CCC#N)N(C(C)C)P(O)O. The normalized spacial score (nSPS) is 15.3. The lowest BCUT2D eigenvalue weighted by molar-refractivity contribution is 0.126. The lowest BCUT2D eigenvalue weighted by Crippen LogP contribution is -2.46. The van der Waals surface area contributed by atoms with Gasteiger partial charge in [-0.25, -0.2) is 4.67 Å². The van der Waals surface area contributed by atoms with Crippen molar-refractivity contribution in [3.8, 4) is 6.07 Å². The van der Waals surface area contributed by atoms with Crippen molar-refractivity contribution in [1.29, 1.82) is 5.26 Å². The smallest absolute Gasteiger partial charge is 0.253 e. The van der Waals surface area contributed by atoms with Crippen LogP contribution in [0.3, 0.4) is 0 Å². The van der Waals surface area contributed by atoms with Gasteiger partial charge in [0.2, 0.25) is 0 Å². The highest BCUT2D eigenvalue weighted by Crippen LogP contribution is 2.43. The second kappa shape index (κ2) is 8.00. The molecule has 0 spiro atoms. The molecule has 0 bridgehead atoms. The van der Waals surface area contributed by atoms with Crippen LogP contribution in [0.4, 0.5) is 0 Å². The second-order valence-electron chi connectivity index (χ2n) is 4.97. The maximum Gasteiger partial charge on any atom is 0.253 e. The Hall–Kier alpha value is -0.200. The third-order valence-electron chi connectivity index (χ3n) is 3.08. The molecule has 0 aromatic heterocycles. The third kappa shape index (κ3) is 5.31. The zero-order valence-corrected chi connectivity index (χ0v) is 12.2. The van der Waals surface area contributed by atoms with Crippen molar-refractivity contribution in [2.24, 2.45) is 0 Å². The summed E-state index contributed by atoms with van der Waals surface area (Å²) >= 11 is 0. The van der Waals surface area contributed by atoms with Crippen LogP contribution >= 0.6 is 8.53 Å². The van der Waals surface area contributed by atoms with Crippen LogP contribution in [0.5, 0.6) is 0 Å². The standard InChI is InChI=1S/C12H25N2O2P/c1-5-6-8-12(4,9-7-10-13)14(11(2)3)17(15)16/h11,15-16H,5-9H2,1-4H3. The number of nitriles is 1. The molecule has 5 heteroatoms. The van der Waals surface area contributed by atoms with Crippen LogP contribution in [0.15, 0.2) is 0 Å². The molecule has 0 radical (unpaired) electrons. The molecule has 1 atom stereocenters. The topological polar surface area (TPSA) is 67.5 Å². The van der Waals surface area contributed by atoms with Gasteiger partial charge < -0.3 is 9.79 Å². The number of unbranched alkanes of at least 4 members (excludes halogenated alkanes) is 1. The highest BCUT2D eigenvalue weighted by atomic mass is 31.2. The minimum Gasteiger partial charge on any atom is -0.338 e. The van der Waals surface area contributed by atoms with Crippen molar-refractivity contribution >= 4 is 8.53 Å². The lowest BCUT2D eigenvalue weighted by atomic mass is 9.89. The maximum absolute atomic E-state index is 9.58. The van der Waals surface area contributed by atoms with Gasteiger partial charge in [0.25, 0.3) is 8.53 Å². The van der Waals surface area contributed by atoms with E-state index in [1.807, 2.05) is 20.8 Å². The Labute approximate surface area is 106 Å². The minimum absolute atomic E-state index is 0.0664. The van der Waals surface area contributed by atoms with Crippen molar-refractivity contribution < 1.29 is 9.79 Å². The number of hydrogen-bond acceptors (Lipinski definition) is 4. The van der Waals surface area contributed by atoms with Crippen LogP contribution in [0.2, 0.25) is 0 Å². The average Bonchev–Trinajstić information content (AvgIpc) is 2.22. The van der Waals surface area contributed by atoms with Crippen LogP contribution in [-0.4, -0.2) is 26.0 Å². The Morgan fingerprint density at radius 3 is 2.29 bits per heavy atom. The molecule has 4 nitrogen and oxygen atoms in total. The van der Waals surface area contributed by atoms with Gasteiger partial charge in [-0.15, -0.1) is 0 Å². The molecule has 17 heavy (non-hydrogen) atoms. The van der Waals surface area contributed by atoms with Crippen molar-refractivity contribution in [3.05, 3.63) is 0 Å². The summed E-state index contributed by atoms with van der Waals surface area (Å²) in [4.78, 5) is 19.2. The average molecular weight is 260 g/mol. The molecule has 0 aliphatic rings. The van der Waals surface area contributed by atoms with E-state index in [-0.39, 0.29) is 11.6 Å². The molecular formula is C12H25N2O2P. The maximum atomic E-state index is 9.58. The van der Waals surface area contributed by atoms with E-state index in [1.165, 1.54) is 0 Å².